The average molecular weight is 274 g/mol. The Balaban J connectivity index is 2.35. The first kappa shape index (κ1) is 13.9. The molecule has 19 heavy (non-hydrogen) atoms. The molecule has 1 aliphatic rings. The summed E-state index contributed by atoms with van der Waals surface area (Å²) in [6, 6.07) is 1.55. The normalized spacial score (nSPS) is 18.7. The molecule has 0 saturated carbocycles. The van der Waals surface area contributed by atoms with Crippen molar-refractivity contribution < 1.29 is 13.2 Å². The fraction of sp³-hybridized carbons (Fsp3) is 0.667. The van der Waals surface area contributed by atoms with Crippen LogP contribution in [-0.2, 0) is 6.18 Å². The van der Waals surface area contributed by atoms with Crippen molar-refractivity contribution in [1.29, 1.82) is 0 Å². The highest BCUT2D eigenvalue weighted by atomic mass is 19.4. The third kappa shape index (κ3) is 3.08. The lowest BCUT2D eigenvalue weighted by molar-refractivity contribution is -0.144. The van der Waals surface area contributed by atoms with Gasteiger partial charge in [0, 0.05) is 26.2 Å². The van der Waals surface area contributed by atoms with E-state index in [9.17, 15) is 13.2 Å². The summed E-state index contributed by atoms with van der Waals surface area (Å²) in [4.78, 5) is 8.98. The molecule has 0 spiro atoms. The molecule has 7 heteroatoms. The van der Waals surface area contributed by atoms with E-state index in [2.05, 4.69) is 29.1 Å². The number of hydrogen-bond donors (Lipinski definition) is 1. The topological polar surface area (TPSA) is 41.0 Å². The first-order valence-corrected chi connectivity index (χ1v) is 6.10. The molecule has 2 rings (SSSR count). The minimum Gasteiger partial charge on any atom is -0.373 e. The zero-order chi connectivity index (χ0) is 14.3. The SMILES string of the molecule is CNc1cc(N2CCC(C)(C)C2)nc(C(F)(F)F)n1. The molecular formula is C12H17F3N4. The Bertz CT molecular complexity index is 471. The Morgan fingerprint density at radius 1 is 1.32 bits per heavy atom. The van der Waals surface area contributed by atoms with Crippen LogP contribution in [0.15, 0.2) is 6.07 Å². The van der Waals surface area contributed by atoms with Gasteiger partial charge >= 0.3 is 6.18 Å². The van der Waals surface area contributed by atoms with Crippen LogP contribution in [0.25, 0.3) is 0 Å². The van der Waals surface area contributed by atoms with Crippen molar-refractivity contribution in [2.75, 3.05) is 30.4 Å². The molecule has 1 saturated heterocycles. The van der Waals surface area contributed by atoms with E-state index in [1.165, 1.54) is 0 Å². The summed E-state index contributed by atoms with van der Waals surface area (Å²) in [5, 5.41) is 2.65. The molecule has 0 bridgehead atoms. The molecule has 0 aliphatic carbocycles. The Morgan fingerprint density at radius 2 is 2.00 bits per heavy atom. The van der Waals surface area contributed by atoms with Crippen molar-refractivity contribution in [3.05, 3.63) is 11.9 Å². The lowest BCUT2D eigenvalue weighted by Gasteiger charge is -2.21. The second-order valence-corrected chi connectivity index (χ2v) is 5.52. The number of alkyl halides is 3. The van der Waals surface area contributed by atoms with Crippen molar-refractivity contribution in [3.8, 4) is 0 Å². The van der Waals surface area contributed by atoms with Crippen LogP contribution in [0.4, 0.5) is 24.8 Å². The maximum atomic E-state index is 12.8. The van der Waals surface area contributed by atoms with Crippen molar-refractivity contribution >= 4 is 11.6 Å². The average Bonchev–Trinajstić information content (AvgIpc) is 2.68. The van der Waals surface area contributed by atoms with E-state index in [1.807, 2.05) is 4.90 Å². The second kappa shape index (κ2) is 4.54. The highest BCUT2D eigenvalue weighted by Gasteiger charge is 2.37. The summed E-state index contributed by atoms with van der Waals surface area (Å²) in [6.07, 6.45) is -3.59. The van der Waals surface area contributed by atoms with Crippen LogP contribution in [0.3, 0.4) is 0 Å². The summed E-state index contributed by atoms with van der Waals surface area (Å²) >= 11 is 0. The van der Waals surface area contributed by atoms with Crippen LogP contribution in [-0.4, -0.2) is 30.1 Å². The predicted molar refractivity (Wildman–Crippen MR) is 67.2 cm³/mol. The van der Waals surface area contributed by atoms with Crippen LogP contribution < -0.4 is 10.2 Å². The molecular weight excluding hydrogens is 257 g/mol. The Morgan fingerprint density at radius 3 is 2.47 bits per heavy atom. The van der Waals surface area contributed by atoms with E-state index < -0.39 is 12.0 Å². The molecule has 1 aromatic rings. The fourth-order valence-corrected chi connectivity index (χ4v) is 2.16. The van der Waals surface area contributed by atoms with Gasteiger partial charge in [-0.25, -0.2) is 9.97 Å². The largest absolute Gasteiger partial charge is 0.451 e. The van der Waals surface area contributed by atoms with Crippen LogP contribution in [0.2, 0.25) is 0 Å². The van der Waals surface area contributed by atoms with Crippen molar-refractivity contribution in [2.45, 2.75) is 26.4 Å². The van der Waals surface area contributed by atoms with E-state index >= 15 is 0 Å². The van der Waals surface area contributed by atoms with Crippen LogP contribution in [0.5, 0.6) is 0 Å². The van der Waals surface area contributed by atoms with Gasteiger partial charge in [0.05, 0.1) is 0 Å². The Kier molecular flexibility index (Phi) is 3.32. The van der Waals surface area contributed by atoms with Gasteiger partial charge < -0.3 is 10.2 Å². The van der Waals surface area contributed by atoms with Gasteiger partial charge in [-0.15, -0.1) is 0 Å². The zero-order valence-electron chi connectivity index (χ0n) is 11.2. The van der Waals surface area contributed by atoms with Gasteiger partial charge in [0.25, 0.3) is 0 Å². The zero-order valence-corrected chi connectivity index (χ0v) is 11.2. The van der Waals surface area contributed by atoms with Gasteiger partial charge in [0.2, 0.25) is 5.82 Å². The quantitative estimate of drug-likeness (QED) is 0.900. The van der Waals surface area contributed by atoms with Crippen molar-refractivity contribution in [1.82, 2.24) is 9.97 Å². The first-order valence-electron chi connectivity index (χ1n) is 6.10. The lowest BCUT2D eigenvalue weighted by Crippen LogP contribution is -2.25. The number of hydrogen-bond acceptors (Lipinski definition) is 4. The number of aromatic nitrogens is 2. The Hall–Kier alpha value is -1.53. The van der Waals surface area contributed by atoms with Gasteiger partial charge in [0.1, 0.15) is 11.6 Å². The molecule has 0 atom stereocenters. The molecule has 1 fully saturated rings. The smallest absolute Gasteiger partial charge is 0.373 e. The molecule has 4 nitrogen and oxygen atoms in total. The minimum atomic E-state index is -4.53. The maximum Gasteiger partial charge on any atom is 0.451 e. The summed E-state index contributed by atoms with van der Waals surface area (Å²) in [5.74, 6) is -0.585. The molecule has 1 aliphatic heterocycles. The second-order valence-electron chi connectivity index (χ2n) is 5.52. The molecule has 0 aromatic carbocycles. The number of rotatable bonds is 2. The Labute approximate surface area is 110 Å². The van der Waals surface area contributed by atoms with Crippen LogP contribution in [0, 0.1) is 5.41 Å². The standard InChI is InChI=1S/C12H17F3N4/c1-11(2)4-5-19(7-11)9-6-8(16-3)17-10(18-9)12(13,14)15/h6H,4-5,7H2,1-3H3,(H,16,17,18). The summed E-state index contributed by atoms with van der Waals surface area (Å²) < 4.78 is 38.3. The fourth-order valence-electron chi connectivity index (χ4n) is 2.16. The number of anilines is 2. The van der Waals surface area contributed by atoms with E-state index in [-0.39, 0.29) is 11.2 Å². The molecule has 0 unspecified atom stereocenters. The molecule has 2 heterocycles. The van der Waals surface area contributed by atoms with E-state index in [0.29, 0.717) is 18.9 Å². The first-order chi connectivity index (χ1) is 8.71. The van der Waals surface area contributed by atoms with Gasteiger partial charge in [-0.2, -0.15) is 13.2 Å². The number of nitrogens with one attached hydrogen (secondary N) is 1. The minimum absolute atomic E-state index is 0.100. The number of halogens is 3. The third-order valence-corrected chi connectivity index (χ3v) is 3.22. The van der Waals surface area contributed by atoms with E-state index in [0.717, 1.165) is 6.42 Å². The maximum absolute atomic E-state index is 12.8. The monoisotopic (exact) mass is 274 g/mol. The summed E-state index contributed by atoms with van der Waals surface area (Å²) in [6.45, 7) is 5.60. The highest BCUT2D eigenvalue weighted by Crippen LogP contribution is 2.34. The van der Waals surface area contributed by atoms with Gasteiger partial charge in [-0.3, -0.25) is 0 Å². The molecule has 0 amide bonds. The van der Waals surface area contributed by atoms with Crippen LogP contribution in [0.1, 0.15) is 26.1 Å². The molecule has 106 valence electrons. The van der Waals surface area contributed by atoms with E-state index in [1.54, 1.807) is 13.1 Å². The van der Waals surface area contributed by atoms with Crippen LogP contribution >= 0.6 is 0 Å². The molecule has 1 aromatic heterocycles. The molecule has 1 N–H and O–H groups in total. The van der Waals surface area contributed by atoms with Crippen molar-refractivity contribution in [2.24, 2.45) is 5.41 Å². The lowest BCUT2D eigenvalue weighted by atomic mass is 9.93. The number of nitrogens with zero attached hydrogens (tertiary/aromatic N) is 3. The van der Waals surface area contributed by atoms with Crippen molar-refractivity contribution in [3.63, 3.8) is 0 Å². The third-order valence-electron chi connectivity index (χ3n) is 3.22. The predicted octanol–water partition coefficient (Wildman–Crippen LogP) is 2.77. The highest BCUT2D eigenvalue weighted by molar-refractivity contribution is 5.50. The summed E-state index contributed by atoms with van der Waals surface area (Å²) in [7, 11) is 1.54. The van der Waals surface area contributed by atoms with Gasteiger partial charge in [0.15, 0.2) is 0 Å². The van der Waals surface area contributed by atoms with Gasteiger partial charge in [-0.05, 0) is 11.8 Å². The van der Waals surface area contributed by atoms with Gasteiger partial charge in [-0.1, -0.05) is 13.8 Å². The van der Waals surface area contributed by atoms with E-state index in [4.69, 9.17) is 0 Å². The summed E-state index contributed by atoms with van der Waals surface area (Å²) in [5.41, 5.74) is 0.100. The molecule has 0 radical (unpaired) electrons.